The van der Waals surface area contributed by atoms with Gasteiger partial charge >= 0.3 is 0 Å². The van der Waals surface area contributed by atoms with E-state index in [0.29, 0.717) is 12.4 Å². The van der Waals surface area contributed by atoms with Gasteiger partial charge in [-0.1, -0.05) is 66.7 Å². The second-order valence-electron chi connectivity index (χ2n) is 7.45. The number of benzene rings is 3. The molecule has 0 aliphatic carbocycles. The maximum Gasteiger partial charge on any atom is 0.197 e. The van der Waals surface area contributed by atoms with Gasteiger partial charge in [0.2, 0.25) is 0 Å². The number of rotatable bonds is 7. The summed E-state index contributed by atoms with van der Waals surface area (Å²) in [4.78, 5) is 4.66. The maximum absolute atomic E-state index is 5.94. The first-order chi connectivity index (χ1) is 15.8. The minimum Gasteiger partial charge on any atom is -0.487 e. The van der Waals surface area contributed by atoms with Gasteiger partial charge in [-0.2, -0.15) is 5.21 Å². The fourth-order valence-corrected chi connectivity index (χ4v) is 3.50. The average molecular weight is 419 g/mol. The maximum atomic E-state index is 5.94. The van der Waals surface area contributed by atoms with Crippen molar-refractivity contribution in [3.05, 3.63) is 113 Å². The molecule has 0 aliphatic heterocycles. The van der Waals surface area contributed by atoms with Gasteiger partial charge in [0.25, 0.3) is 0 Å². The fraction of sp³-hybridized carbons (Fsp3) is 0.0769. The van der Waals surface area contributed by atoms with Crippen LogP contribution < -0.4 is 4.74 Å². The van der Waals surface area contributed by atoms with Gasteiger partial charge in [-0.15, -0.1) is 10.2 Å². The van der Waals surface area contributed by atoms with Gasteiger partial charge in [0.1, 0.15) is 12.4 Å². The quantitative estimate of drug-likeness (QED) is 0.398. The summed E-state index contributed by atoms with van der Waals surface area (Å²) in [5.41, 5.74) is 5.45. The fourth-order valence-electron chi connectivity index (χ4n) is 3.50. The first-order valence-corrected chi connectivity index (χ1v) is 10.4. The molecule has 0 aliphatic rings. The molecule has 0 radical (unpaired) electrons. The van der Waals surface area contributed by atoms with Gasteiger partial charge in [-0.3, -0.25) is 0 Å². The molecule has 32 heavy (non-hydrogen) atoms. The van der Waals surface area contributed by atoms with E-state index >= 15 is 0 Å². The molecule has 2 aromatic heterocycles. The molecule has 6 nitrogen and oxygen atoms in total. The lowest BCUT2D eigenvalue weighted by Crippen LogP contribution is -1.98. The lowest BCUT2D eigenvalue weighted by Gasteiger charge is -2.08. The molecule has 1 N–H and O–H groups in total. The molecule has 0 saturated heterocycles. The average Bonchev–Trinajstić information content (AvgIpc) is 3.36. The predicted octanol–water partition coefficient (Wildman–Crippen LogP) is 5.09. The molecule has 5 rings (SSSR count). The van der Waals surface area contributed by atoms with Crippen LogP contribution in [-0.2, 0) is 13.0 Å². The third-order valence-electron chi connectivity index (χ3n) is 5.11. The van der Waals surface area contributed by atoms with Crippen LogP contribution in [0.4, 0.5) is 0 Å². The van der Waals surface area contributed by atoms with Crippen molar-refractivity contribution < 1.29 is 4.74 Å². The molecule has 0 fully saturated rings. The highest BCUT2D eigenvalue weighted by molar-refractivity contribution is 5.78. The van der Waals surface area contributed by atoms with Gasteiger partial charge in [-0.25, -0.2) is 4.98 Å². The van der Waals surface area contributed by atoms with E-state index in [0.717, 1.165) is 34.3 Å². The number of H-pyrrole nitrogens is 1. The van der Waals surface area contributed by atoms with Gasteiger partial charge in [0, 0.05) is 5.39 Å². The predicted molar refractivity (Wildman–Crippen MR) is 125 cm³/mol. The lowest BCUT2D eigenvalue weighted by molar-refractivity contribution is 0.301. The molecular formula is C26H21N5O. The van der Waals surface area contributed by atoms with Gasteiger partial charge in [-0.05, 0) is 58.7 Å². The Morgan fingerprint density at radius 2 is 1.72 bits per heavy atom. The van der Waals surface area contributed by atoms with Crippen LogP contribution in [-0.4, -0.2) is 25.6 Å². The zero-order valence-electron chi connectivity index (χ0n) is 17.3. The summed E-state index contributed by atoms with van der Waals surface area (Å²) in [5, 5.41) is 15.0. The van der Waals surface area contributed by atoms with Crippen molar-refractivity contribution in [3.8, 4) is 5.75 Å². The summed E-state index contributed by atoms with van der Waals surface area (Å²) in [7, 11) is 0. The van der Waals surface area contributed by atoms with E-state index in [1.807, 2.05) is 48.6 Å². The van der Waals surface area contributed by atoms with Gasteiger partial charge in [0.15, 0.2) is 5.82 Å². The largest absolute Gasteiger partial charge is 0.487 e. The van der Waals surface area contributed by atoms with Crippen LogP contribution >= 0.6 is 0 Å². The van der Waals surface area contributed by atoms with E-state index in [9.17, 15) is 0 Å². The van der Waals surface area contributed by atoms with Crippen LogP contribution in [0.1, 0.15) is 28.2 Å². The molecule has 156 valence electrons. The summed E-state index contributed by atoms with van der Waals surface area (Å²) in [5.74, 6) is 1.39. The molecule has 3 aromatic carbocycles. The van der Waals surface area contributed by atoms with Gasteiger partial charge < -0.3 is 4.74 Å². The summed E-state index contributed by atoms with van der Waals surface area (Å²) in [6.45, 7) is 0.443. The molecule has 0 saturated carbocycles. The number of tetrazole rings is 1. The van der Waals surface area contributed by atoms with E-state index in [2.05, 4.69) is 74.1 Å². The molecule has 2 heterocycles. The van der Waals surface area contributed by atoms with Crippen LogP contribution in [0.2, 0.25) is 0 Å². The number of aromatic amines is 1. The number of nitrogens with one attached hydrogen (secondary N) is 1. The van der Waals surface area contributed by atoms with E-state index in [-0.39, 0.29) is 0 Å². The molecule has 6 heteroatoms. The van der Waals surface area contributed by atoms with E-state index in [4.69, 9.17) is 4.74 Å². The summed E-state index contributed by atoms with van der Waals surface area (Å²) < 4.78 is 5.94. The SMILES string of the molecule is C(=C\c1nn[nH]n1)/c1cccc(Cc2ccc(OCc3ccc4ccccc4n3)cc2)c1. The number of aromatic nitrogens is 5. The molecular weight excluding hydrogens is 398 g/mol. The van der Waals surface area contributed by atoms with Crippen LogP contribution in [0.15, 0.2) is 84.9 Å². The zero-order chi connectivity index (χ0) is 21.6. The van der Waals surface area contributed by atoms with E-state index in [1.54, 1.807) is 0 Å². The van der Waals surface area contributed by atoms with Crippen LogP contribution in [0.5, 0.6) is 5.75 Å². The third-order valence-corrected chi connectivity index (χ3v) is 5.11. The highest BCUT2D eigenvalue weighted by atomic mass is 16.5. The number of fused-ring (bicyclic) bond motifs is 1. The van der Waals surface area contributed by atoms with E-state index < -0.39 is 0 Å². The van der Waals surface area contributed by atoms with Gasteiger partial charge in [0.05, 0.1) is 11.2 Å². The summed E-state index contributed by atoms with van der Waals surface area (Å²) in [6, 6.07) is 28.8. The number of ether oxygens (including phenoxy) is 1. The second-order valence-corrected chi connectivity index (χ2v) is 7.45. The molecule has 5 aromatic rings. The van der Waals surface area contributed by atoms with Crippen LogP contribution in [0, 0.1) is 0 Å². The normalized spacial score (nSPS) is 11.2. The Morgan fingerprint density at radius 3 is 2.59 bits per heavy atom. The monoisotopic (exact) mass is 419 g/mol. The summed E-state index contributed by atoms with van der Waals surface area (Å²) in [6.07, 6.45) is 4.65. The van der Waals surface area contributed by atoms with Crippen molar-refractivity contribution in [2.24, 2.45) is 0 Å². The summed E-state index contributed by atoms with van der Waals surface area (Å²) >= 11 is 0. The Balaban J connectivity index is 1.20. The molecule has 0 spiro atoms. The number of hydrogen-bond acceptors (Lipinski definition) is 5. The topological polar surface area (TPSA) is 76.6 Å². The van der Waals surface area contributed by atoms with Crippen molar-refractivity contribution in [2.45, 2.75) is 13.0 Å². The number of hydrogen-bond donors (Lipinski definition) is 1. The van der Waals surface area contributed by atoms with Crippen molar-refractivity contribution >= 4 is 23.1 Å². The number of nitrogens with zero attached hydrogens (tertiary/aromatic N) is 4. The van der Waals surface area contributed by atoms with Crippen molar-refractivity contribution in [3.63, 3.8) is 0 Å². The second kappa shape index (κ2) is 9.22. The Bertz CT molecular complexity index is 1340. The smallest absolute Gasteiger partial charge is 0.197 e. The lowest BCUT2D eigenvalue weighted by atomic mass is 10.0. The van der Waals surface area contributed by atoms with Crippen LogP contribution in [0.3, 0.4) is 0 Å². The first kappa shape index (κ1) is 19.6. The minimum atomic E-state index is 0.443. The van der Waals surface area contributed by atoms with Crippen molar-refractivity contribution in [1.29, 1.82) is 0 Å². The van der Waals surface area contributed by atoms with Crippen molar-refractivity contribution in [2.75, 3.05) is 0 Å². The first-order valence-electron chi connectivity index (χ1n) is 10.4. The standard InChI is InChI=1S/C26H21N5O/c1-2-7-25-22(6-1)11-12-23(27-25)18-32-24-13-8-20(9-14-24)17-21-5-3-4-19(16-21)10-15-26-28-30-31-29-26/h1-16H,17-18H2,(H,28,29,30,31)/b15-10+. The highest BCUT2D eigenvalue weighted by Gasteiger charge is 2.02. The van der Waals surface area contributed by atoms with Crippen molar-refractivity contribution in [1.82, 2.24) is 25.6 Å². The number of para-hydroxylation sites is 1. The van der Waals surface area contributed by atoms with Crippen LogP contribution in [0.25, 0.3) is 23.1 Å². The Kier molecular flexibility index (Phi) is 5.66. The molecule has 0 atom stereocenters. The minimum absolute atomic E-state index is 0.443. The molecule has 0 bridgehead atoms. The molecule has 0 unspecified atom stereocenters. The zero-order valence-corrected chi connectivity index (χ0v) is 17.3. The Morgan fingerprint density at radius 1 is 0.812 bits per heavy atom. The highest BCUT2D eigenvalue weighted by Crippen LogP contribution is 2.19. The molecule has 0 amide bonds. The number of pyridine rings is 1. The Labute approximate surface area is 185 Å². The Hall–Kier alpha value is -4.32. The third kappa shape index (κ3) is 4.87. The van der Waals surface area contributed by atoms with E-state index in [1.165, 1.54) is 11.1 Å².